The van der Waals surface area contributed by atoms with E-state index in [1.165, 1.54) is 0 Å². The van der Waals surface area contributed by atoms with Gasteiger partial charge in [0.25, 0.3) is 0 Å². The van der Waals surface area contributed by atoms with Gasteiger partial charge in [-0.25, -0.2) is 4.79 Å². The van der Waals surface area contributed by atoms with Gasteiger partial charge in [0.15, 0.2) is 5.75 Å². The summed E-state index contributed by atoms with van der Waals surface area (Å²) in [7, 11) is 2.05. The average Bonchev–Trinajstić information content (AvgIpc) is 2.47. The summed E-state index contributed by atoms with van der Waals surface area (Å²) in [5, 5.41) is 0. The summed E-state index contributed by atoms with van der Waals surface area (Å²) in [6.45, 7) is 3.62. The van der Waals surface area contributed by atoms with Crippen LogP contribution in [-0.4, -0.2) is 68.0 Å². The van der Waals surface area contributed by atoms with E-state index >= 15 is 0 Å². The zero-order valence-electron chi connectivity index (χ0n) is 12.1. The maximum Gasteiger partial charge on any atom is 0.331 e. The number of likely N-dealkylation sites (N-methyl/N-ethyl adjacent to an activating group) is 1. The number of hydrogen-bond acceptors (Lipinski definition) is 5. The van der Waals surface area contributed by atoms with Crippen molar-refractivity contribution in [3.05, 3.63) is 24.3 Å². The second-order valence-electron chi connectivity index (χ2n) is 5.48. The minimum absolute atomic E-state index is 0.0626. The zero-order chi connectivity index (χ0) is 14.8. The molecule has 0 radical (unpaired) electrons. The minimum Gasteiger partial charge on any atom is -0.423 e. The highest BCUT2D eigenvalue weighted by Crippen LogP contribution is 2.31. The van der Waals surface area contributed by atoms with E-state index < -0.39 is 0 Å². The van der Waals surface area contributed by atoms with Gasteiger partial charge in [0, 0.05) is 26.2 Å². The number of carbonyl (C=O) groups excluding carboxylic acids is 2. The molecule has 3 rings (SSSR count). The second-order valence-corrected chi connectivity index (χ2v) is 5.48. The van der Waals surface area contributed by atoms with E-state index in [1.54, 1.807) is 11.0 Å². The maximum absolute atomic E-state index is 12.4. The molecular weight excluding hydrogens is 270 g/mol. The highest BCUT2D eigenvalue weighted by molar-refractivity contribution is 5.89. The molecule has 0 N–H and O–H groups in total. The summed E-state index contributed by atoms with van der Waals surface area (Å²) in [6, 6.07) is 7.32. The van der Waals surface area contributed by atoms with E-state index in [0.29, 0.717) is 5.75 Å². The number of piperazine rings is 1. The third-order valence-corrected chi connectivity index (χ3v) is 3.93. The lowest BCUT2D eigenvalue weighted by Crippen LogP contribution is -2.51. The fraction of sp³-hybridized carbons (Fsp3) is 0.467. The number of nitrogens with zero attached hydrogens (tertiary/aromatic N) is 3. The highest BCUT2D eigenvalue weighted by atomic mass is 16.5. The molecule has 0 atom stereocenters. The van der Waals surface area contributed by atoms with Crippen molar-refractivity contribution in [3.63, 3.8) is 0 Å². The molecule has 1 saturated heterocycles. The number of anilines is 1. The van der Waals surface area contributed by atoms with Crippen molar-refractivity contribution in [1.29, 1.82) is 0 Å². The van der Waals surface area contributed by atoms with Crippen LogP contribution in [0, 0.1) is 0 Å². The summed E-state index contributed by atoms with van der Waals surface area (Å²) < 4.78 is 5.19. The quantitative estimate of drug-likeness (QED) is 0.574. The van der Waals surface area contributed by atoms with Crippen molar-refractivity contribution < 1.29 is 14.3 Å². The topological polar surface area (TPSA) is 53.1 Å². The maximum atomic E-state index is 12.4. The molecule has 0 aliphatic carbocycles. The predicted molar refractivity (Wildman–Crippen MR) is 78.4 cm³/mol. The Labute approximate surface area is 123 Å². The van der Waals surface area contributed by atoms with Crippen molar-refractivity contribution in [3.8, 4) is 5.75 Å². The van der Waals surface area contributed by atoms with E-state index in [9.17, 15) is 9.59 Å². The summed E-state index contributed by atoms with van der Waals surface area (Å²) >= 11 is 0. The lowest BCUT2D eigenvalue weighted by Gasteiger charge is -2.35. The SMILES string of the molecule is CN1CCN(C(=O)CN2CC(=O)Oc3ccccc32)CC1. The number of benzene rings is 1. The zero-order valence-corrected chi connectivity index (χ0v) is 12.1. The molecule has 1 fully saturated rings. The summed E-state index contributed by atoms with van der Waals surface area (Å²) in [6.07, 6.45) is 0. The molecule has 2 heterocycles. The van der Waals surface area contributed by atoms with Crippen molar-refractivity contribution in [2.24, 2.45) is 0 Å². The Hall–Kier alpha value is -2.08. The number of rotatable bonds is 2. The average molecular weight is 289 g/mol. The number of ether oxygens (including phenoxy) is 1. The van der Waals surface area contributed by atoms with Crippen LogP contribution in [0.25, 0.3) is 0 Å². The smallest absolute Gasteiger partial charge is 0.331 e. The molecule has 2 aliphatic heterocycles. The Balaban J connectivity index is 1.70. The summed E-state index contributed by atoms with van der Waals surface area (Å²) in [4.78, 5) is 29.9. The molecule has 0 spiro atoms. The Morgan fingerprint density at radius 3 is 2.67 bits per heavy atom. The van der Waals surface area contributed by atoms with Crippen LogP contribution in [0.1, 0.15) is 0 Å². The van der Waals surface area contributed by atoms with E-state index in [4.69, 9.17) is 4.74 Å². The van der Waals surface area contributed by atoms with Gasteiger partial charge in [0.2, 0.25) is 5.91 Å². The first-order valence-corrected chi connectivity index (χ1v) is 7.14. The normalized spacial score (nSPS) is 19.2. The van der Waals surface area contributed by atoms with E-state index in [1.807, 2.05) is 23.1 Å². The fourth-order valence-electron chi connectivity index (χ4n) is 2.66. The van der Waals surface area contributed by atoms with Gasteiger partial charge in [-0.1, -0.05) is 12.1 Å². The first-order valence-electron chi connectivity index (χ1n) is 7.14. The molecule has 21 heavy (non-hydrogen) atoms. The number of hydrogen-bond donors (Lipinski definition) is 0. The van der Waals surface area contributed by atoms with Crippen LogP contribution in [0.4, 0.5) is 5.69 Å². The van der Waals surface area contributed by atoms with Crippen LogP contribution in [0.5, 0.6) is 5.75 Å². The molecule has 6 nitrogen and oxygen atoms in total. The van der Waals surface area contributed by atoms with Gasteiger partial charge in [-0.05, 0) is 19.2 Å². The van der Waals surface area contributed by atoms with Gasteiger partial charge in [-0.15, -0.1) is 0 Å². The Morgan fingerprint density at radius 2 is 1.90 bits per heavy atom. The van der Waals surface area contributed by atoms with Gasteiger partial charge in [0.1, 0.15) is 6.54 Å². The Morgan fingerprint density at radius 1 is 1.19 bits per heavy atom. The van der Waals surface area contributed by atoms with Gasteiger partial charge < -0.3 is 19.4 Å². The second kappa shape index (κ2) is 5.73. The van der Waals surface area contributed by atoms with Crippen LogP contribution in [0.2, 0.25) is 0 Å². The minimum atomic E-state index is -0.320. The van der Waals surface area contributed by atoms with Gasteiger partial charge >= 0.3 is 5.97 Å². The van der Waals surface area contributed by atoms with Crippen molar-refractivity contribution >= 4 is 17.6 Å². The molecule has 0 aromatic heterocycles. The molecule has 112 valence electrons. The van der Waals surface area contributed by atoms with Crippen LogP contribution >= 0.6 is 0 Å². The molecular formula is C15H19N3O3. The Bertz CT molecular complexity index is 553. The summed E-state index contributed by atoms with van der Waals surface area (Å²) in [5.74, 6) is 0.271. The molecule has 1 aromatic rings. The van der Waals surface area contributed by atoms with Crippen LogP contribution < -0.4 is 9.64 Å². The Kier molecular flexibility index (Phi) is 3.79. The number of carbonyl (C=O) groups is 2. The fourth-order valence-corrected chi connectivity index (χ4v) is 2.66. The third kappa shape index (κ3) is 3.00. The molecule has 2 aliphatic rings. The van der Waals surface area contributed by atoms with Crippen molar-refractivity contribution in [2.75, 3.05) is 51.2 Å². The number of amides is 1. The van der Waals surface area contributed by atoms with Crippen molar-refractivity contribution in [2.45, 2.75) is 0 Å². The lowest BCUT2D eigenvalue weighted by atomic mass is 10.2. The molecule has 1 aromatic carbocycles. The number of esters is 1. The van der Waals surface area contributed by atoms with E-state index in [0.717, 1.165) is 31.9 Å². The monoisotopic (exact) mass is 289 g/mol. The van der Waals surface area contributed by atoms with Crippen LogP contribution in [0.3, 0.4) is 0 Å². The van der Waals surface area contributed by atoms with Crippen LogP contribution in [0.15, 0.2) is 24.3 Å². The molecule has 0 saturated carbocycles. The largest absolute Gasteiger partial charge is 0.423 e. The van der Waals surface area contributed by atoms with E-state index in [2.05, 4.69) is 11.9 Å². The lowest BCUT2D eigenvalue weighted by molar-refractivity contribution is -0.134. The van der Waals surface area contributed by atoms with Crippen molar-refractivity contribution in [1.82, 2.24) is 9.80 Å². The molecule has 0 bridgehead atoms. The summed E-state index contributed by atoms with van der Waals surface area (Å²) in [5.41, 5.74) is 0.805. The van der Waals surface area contributed by atoms with Gasteiger partial charge in [0.05, 0.1) is 12.2 Å². The first-order chi connectivity index (χ1) is 10.1. The molecule has 6 heteroatoms. The highest BCUT2D eigenvalue weighted by Gasteiger charge is 2.27. The molecule has 1 amide bonds. The van der Waals surface area contributed by atoms with E-state index in [-0.39, 0.29) is 25.0 Å². The van der Waals surface area contributed by atoms with Crippen LogP contribution in [-0.2, 0) is 9.59 Å². The van der Waals surface area contributed by atoms with Gasteiger partial charge in [-0.3, -0.25) is 4.79 Å². The standard InChI is InChI=1S/C15H19N3O3/c1-16-6-8-17(9-7-16)14(19)10-18-11-15(20)21-13-5-3-2-4-12(13)18/h2-5H,6-11H2,1H3. The van der Waals surface area contributed by atoms with Gasteiger partial charge in [-0.2, -0.15) is 0 Å². The number of fused-ring (bicyclic) bond motifs is 1. The third-order valence-electron chi connectivity index (χ3n) is 3.93. The predicted octanol–water partition coefficient (Wildman–Crippen LogP) is 0.186. The first kappa shape index (κ1) is 13.9. The molecule has 0 unspecified atom stereocenters. The number of para-hydroxylation sites is 2.